The predicted molar refractivity (Wildman–Crippen MR) is 69.7 cm³/mol. The van der Waals surface area contributed by atoms with Crippen LogP contribution in [0.15, 0.2) is 6.07 Å². The molecule has 1 aromatic rings. The van der Waals surface area contributed by atoms with Gasteiger partial charge in [-0.25, -0.2) is 4.98 Å². The number of hydrogen-bond acceptors (Lipinski definition) is 6. The lowest BCUT2D eigenvalue weighted by Gasteiger charge is -2.27. The molecule has 2 aliphatic rings. The molecule has 1 aromatic heterocycles. The zero-order valence-corrected chi connectivity index (χ0v) is 11.0. The van der Waals surface area contributed by atoms with Gasteiger partial charge >= 0.3 is 5.69 Å². The van der Waals surface area contributed by atoms with Crippen LogP contribution in [-0.2, 0) is 11.3 Å². The largest absolute Gasteiger partial charge is 0.378 e. The molecular formula is C12H14N4O4. The summed E-state index contributed by atoms with van der Waals surface area (Å²) in [5, 5.41) is 11.2. The van der Waals surface area contributed by atoms with Gasteiger partial charge in [-0.15, -0.1) is 0 Å². The van der Waals surface area contributed by atoms with Gasteiger partial charge in [0, 0.05) is 38.3 Å². The van der Waals surface area contributed by atoms with E-state index in [1.807, 2.05) is 0 Å². The molecule has 0 bridgehead atoms. The minimum absolute atomic E-state index is 0.0475. The maximum atomic E-state index is 12.0. The van der Waals surface area contributed by atoms with Crippen LogP contribution >= 0.6 is 0 Å². The second-order valence-electron chi connectivity index (χ2n) is 4.86. The maximum absolute atomic E-state index is 12.0. The monoisotopic (exact) mass is 278 g/mol. The predicted octanol–water partition coefficient (Wildman–Crippen LogP) is 0.412. The van der Waals surface area contributed by atoms with Crippen molar-refractivity contribution in [2.24, 2.45) is 0 Å². The highest BCUT2D eigenvalue weighted by atomic mass is 16.6. The van der Waals surface area contributed by atoms with Crippen LogP contribution in [0.5, 0.6) is 0 Å². The minimum Gasteiger partial charge on any atom is -0.378 e. The van der Waals surface area contributed by atoms with E-state index in [4.69, 9.17) is 4.74 Å². The van der Waals surface area contributed by atoms with Crippen LogP contribution in [0.25, 0.3) is 0 Å². The highest BCUT2D eigenvalue weighted by Gasteiger charge is 2.32. The molecule has 8 nitrogen and oxygen atoms in total. The number of rotatable bonds is 2. The smallest absolute Gasteiger partial charge is 0.311 e. The van der Waals surface area contributed by atoms with Crippen LogP contribution in [-0.4, -0.2) is 54.1 Å². The summed E-state index contributed by atoms with van der Waals surface area (Å²) in [4.78, 5) is 30.3. The molecule has 106 valence electrons. The molecule has 1 fully saturated rings. The summed E-state index contributed by atoms with van der Waals surface area (Å²) in [6.45, 7) is 2.45. The first kappa shape index (κ1) is 12.8. The second-order valence-corrected chi connectivity index (χ2v) is 4.86. The first-order valence-corrected chi connectivity index (χ1v) is 6.34. The number of ether oxygens (including phenoxy) is 1. The van der Waals surface area contributed by atoms with Crippen LogP contribution in [0.1, 0.15) is 16.1 Å². The Labute approximate surface area is 115 Å². The number of amides is 1. The third-order valence-electron chi connectivity index (χ3n) is 3.53. The molecule has 0 radical (unpaired) electrons. The van der Waals surface area contributed by atoms with E-state index in [9.17, 15) is 14.9 Å². The van der Waals surface area contributed by atoms with Crippen molar-refractivity contribution in [3.05, 3.63) is 27.4 Å². The molecule has 8 heteroatoms. The van der Waals surface area contributed by atoms with E-state index < -0.39 is 4.92 Å². The summed E-state index contributed by atoms with van der Waals surface area (Å²) < 4.78 is 5.24. The molecule has 0 unspecified atom stereocenters. The van der Waals surface area contributed by atoms with Crippen LogP contribution in [0.4, 0.5) is 11.5 Å². The molecule has 0 aromatic carbocycles. The Hall–Kier alpha value is -2.22. The number of aromatic nitrogens is 1. The molecule has 3 rings (SSSR count). The number of pyridine rings is 1. The number of carbonyl (C=O) groups excluding carboxylic acids is 1. The van der Waals surface area contributed by atoms with Crippen LogP contribution < -0.4 is 4.90 Å². The molecule has 0 atom stereocenters. The lowest BCUT2D eigenvalue weighted by Crippen LogP contribution is -2.37. The summed E-state index contributed by atoms with van der Waals surface area (Å²) in [7, 11) is 1.66. The normalized spacial score (nSPS) is 18.4. The number of nitro groups is 1. The van der Waals surface area contributed by atoms with Crippen molar-refractivity contribution in [1.29, 1.82) is 0 Å². The molecule has 1 amide bonds. The maximum Gasteiger partial charge on any atom is 0.311 e. The van der Waals surface area contributed by atoms with Gasteiger partial charge in [0.2, 0.25) is 5.82 Å². The Kier molecular flexibility index (Phi) is 3.01. The summed E-state index contributed by atoms with van der Waals surface area (Å²) >= 11 is 0. The van der Waals surface area contributed by atoms with Crippen molar-refractivity contribution in [3.8, 4) is 0 Å². The lowest BCUT2D eigenvalue weighted by atomic mass is 10.2. The molecule has 3 heterocycles. The fraction of sp³-hybridized carbons (Fsp3) is 0.500. The fourth-order valence-corrected chi connectivity index (χ4v) is 2.49. The van der Waals surface area contributed by atoms with E-state index in [0.29, 0.717) is 44.1 Å². The SMILES string of the molecule is CN1Cc2cc([N+](=O)[O-])c(N3CCOCC3)nc2C1=O. The van der Waals surface area contributed by atoms with Gasteiger partial charge in [-0.2, -0.15) is 0 Å². The molecular weight excluding hydrogens is 264 g/mol. The quantitative estimate of drug-likeness (QED) is 0.575. The first-order chi connectivity index (χ1) is 9.58. The van der Waals surface area contributed by atoms with Gasteiger partial charge in [-0.1, -0.05) is 0 Å². The highest BCUT2D eigenvalue weighted by Crippen LogP contribution is 2.32. The molecule has 0 N–H and O–H groups in total. The van der Waals surface area contributed by atoms with Crippen LogP contribution in [0.2, 0.25) is 0 Å². The van der Waals surface area contributed by atoms with Gasteiger partial charge in [0.05, 0.1) is 18.1 Å². The highest BCUT2D eigenvalue weighted by molar-refractivity contribution is 5.97. The van der Waals surface area contributed by atoms with Gasteiger partial charge in [-0.3, -0.25) is 14.9 Å². The van der Waals surface area contributed by atoms with Crippen molar-refractivity contribution in [2.75, 3.05) is 38.3 Å². The zero-order chi connectivity index (χ0) is 14.3. The number of nitrogens with zero attached hydrogens (tertiary/aromatic N) is 4. The topological polar surface area (TPSA) is 88.8 Å². The van der Waals surface area contributed by atoms with Crippen molar-refractivity contribution in [2.45, 2.75) is 6.54 Å². The molecule has 0 spiro atoms. The Morgan fingerprint density at radius 1 is 1.40 bits per heavy atom. The van der Waals surface area contributed by atoms with Crippen molar-refractivity contribution < 1.29 is 14.5 Å². The second kappa shape index (κ2) is 4.71. The lowest BCUT2D eigenvalue weighted by molar-refractivity contribution is -0.384. The summed E-state index contributed by atoms with van der Waals surface area (Å²) in [5.74, 6) is 0.0742. The van der Waals surface area contributed by atoms with Crippen LogP contribution in [0.3, 0.4) is 0 Å². The van der Waals surface area contributed by atoms with Crippen molar-refractivity contribution in [3.63, 3.8) is 0 Å². The van der Waals surface area contributed by atoms with Gasteiger partial charge < -0.3 is 14.5 Å². The molecule has 0 saturated carbocycles. The van der Waals surface area contributed by atoms with Crippen molar-refractivity contribution >= 4 is 17.4 Å². The van der Waals surface area contributed by atoms with E-state index in [0.717, 1.165) is 0 Å². The van der Waals surface area contributed by atoms with Gasteiger partial charge in [-0.05, 0) is 0 Å². The Balaban J connectivity index is 2.08. The van der Waals surface area contributed by atoms with Gasteiger partial charge in [0.15, 0.2) is 0 Å². The van der Waals surface area contributed by atoms with E-state index >= 15 is 0 Å². The van der Waals surface area contributed by atoms with E-state index in [1.54, 1.807) is 11.9 Å². The standard InChI is InChI=1S/C12H14N4O4/c1-14-7-8-6-9(16(18)19)11(13-10(8)12(14)17)15-2-4-20-5-3-15/h6H,2-5,7H2,1H3. The molecule has 20 heavy (non-hydrogen) atoms. The van der Waals surface area contributed by atoms with E-state index in [2.05, 4.69) is 4.98 Å². The Morgan fingerprint density at radius 3 is 2.75 bits per heavy atom. The number of anilines is 1. The van der Waals surface area contributed by atoms with E-state index in [1.165, 1.54) is 11.0 Å². The van der Waals surface area contributed by atoms with Gasteiger partial charge in [0.1, 0.15) is 5.69 Å². The fourth-order valence-electron chi connectivity index (χ4n) is 2.49. The Bertz CT molecular complexity index is 583. The first-order valence-electron chi connectivity index (χ1n) is 6.34. The zero-order valence-electron chi connectivity index (χ0n) is 11.0. The number of morpholine rings is 1. The average Bonchev–Trinajstić information content (AvgIpc) is 2.73. The van der Waals surface area contributed by atoms with Gasteiger partial charge in [0.25, 0.3) is 5.91 Å². The Morgan fingerprint density at radius 2 is 2.10 bits per heavy atom. The van der Waals surface area contributed by atoms with Crippen LogP contribution in [0, 0.1) is 10.1 Å². The average molecular weight is 278 g/mol. The third kappa shape index (κ3) is 1.97. The van der Waals surface area contributed by atoms with Crippen molar-refractivity contribution in [1.82, 2.24) is 9.88 Å². The van der Waals surface area contributed by atoms with E-state index in [-0.39, 0.29) is 17.4 Å². The third-order valence-corrected chi connectivity index (χ3v) is 3.53. The summed E-state index contributed by atoms with van der Waals surface area (Å²) in [6, 6.07) is 1.47. The number of carbonyl (C=O) groups is 1. The minimum atomic E-state index is -0.444. The molecule has 0 aliphatic carbocycles. The molecule has 2 aliphatic heterocycles. The number of fused-ring (bicyclic) bond motifs is 1. The summed E-state index contributed by atoms with van der Waals surface area (Å²) in [5.41, 5.74) is 0.884. The molecule has 1 saturated heterocycles. The number of hydrogen-bond donors (Lipinski definition) is 0. The summed E-state index contributed by atoms with van der Waals surface area (Å²) in [6.07, 6.45) is 0.